The Morgan fingerprint density at radius 2 is 2.10 bits per heavy atom. The van der Waals surface area contributed by atoms with Crippen molar-refractivity contribution >= 4 is 41.2 Å². The number of H-pyrrole nitrogens is 1. The van der Waals surface area contributed by atoms with E-state index >= 15 is 0 Å². The van der Waals surface area contributed by atoms with Gasteiger partial charge in [-0.05, 0) is 18.2 Å². The highest BCUT2D eigenvalue weighted by atomic mass is 16.6. The SMILES string of the molecule is O=C1CN(C(=O)c2[nH]cnc2C(=O)N/N=C/c2ccc([N+](=O)[O-])o2)c2ccccc2N1. The van der Waals surface area contributed by atoms with Crippen LogP contribution in [0.2, 0.25) is 0 Å². The Bertz CT molecular complexity index is 1230. The van der Waals surface area contributed by atoms with Crippen molar-refractivity contribution in [2.24, 2.45) is 5.10 Å². The molecule has 1 aromatic carbocycles. The second-order valence-corrected chi connectivity index (χ2v) is 6.22. The van der Waals surface area contributed by atoms with Crippen LogP contribution in [-0.2, 0) is 4.79 Å². The molecule has 1 aliphatic heterocycles. The normalized spacial score (nSPS) is 13.0. The van der Waals surface area contributed by atoms with E-state index in [1.807, 2.05) is 0 Å². The summed E-state index contributed by atoms with van der Waals surface area (Å²) < 4.78 is 4.88. The number of hydrogen-bond donors (Lipinski definition) is 3. The van der Waals surface area contributed by atoms with Gasteiger partial charge in [0.05, 0.1) is 30.0 Å². The molecule has 0 aliphatic carbocycles. The van der Waals surface area contributed by atoms with Crippen molar-refractivity contribution in [3.05, 3.63) is 70.0 Å². The summed E-state index contributed by atoms with van der Waals surface area (Å²) in [6, 6.07) is 9.19. The molecule has 0 unspecified atom stereocenters. The van der Waals surface area contributed by atoms with Crippen molar-refractivity contribution in [3.63, 3.8) is 0 Å². The molecular weight excluding hydrogens is 410 g/mol. The number of benzene rings is 1. The van der Waals surface area contributed by atoms with E-state index in [0.29, 0.717) is 11.4 Å². The molecule has 0 spiro atoms. The number of rotatable bonds is 5. The number of imidazole rings is 1. The molecule has 2 aromatic heterocycles. The number of nitrogens with one attached hydrogen (secondary N) is 3. The third-order valence-electron chi connectivity index (χ3n) is 4.23. The standard InChI is InChI=1S/C18H13N7O6/c26-13-8-24(12-4-2-1-3-11(12)22-13)18(28)16-15(19-9-20-16)17(27)23-21-7-10-5-6-14(31-10)25(29)30/h1-7,9H,8H2,(H,19,20)(H,22,26)(H,23,27)/b21-7+. The first kappa shape index (κ1) is 19.5. The molecule has 0 saturated heterocycles. The summed E-state index contributed by atoms with van der Waals surface area (Å²) in [5.74, 6) is -2.25. The molecular formula is C18H13N7O6. The lowest BCUT2D eigenvalue weighted by Gasteiger charge is -2.28. The predicted octanol–water partition coefficient (Wildman–Crippen LogP) is 1.27. The topological polar surface area (TPSA) is 176 Å². The van der Waals surface area contributed by atoms with Gasteiger partial charge in [-0.15, -0.1) is 0 Å². The van der Waals surface area contributed by atoms with E-state index in [4.69, 9.17) is 4.42 Å². The maximum atomic E-state index is 13.0. The molecule has 0 fully saturated rings. The number of hydrogen-bond acceptors (Lipinski definition) is 8. The van der Waals surface area contributed by atoms with Crippen LogP contribution in [0.5, 0.6) is 0 Å². The van der Waals surface area contributed by atoms with Crippen LogP contribution < -0.4 is 15.6 Å². The molecule has 3 amide bonds. The van der Waals surface area contributed by atoms with Gasteiger partial charge in [-0.3, -0.25) is 29.4 Å². The van der Waals surface area contributed by atoms with Gasteiger partial charge in [0.25, 0.3) is 11.8 Å². The first-order valence-corrected chi connectivity index (χ1v) is 8.76. The van der Waals surface area contributed by atoms with Crippen molar-refractivity contribution in [2.45, 2.75) is 0 Å². The summed E-state index contributed by atoms with van der Waals surface area (Å²) in [4.78, 5) is 55.0. The number of nitrogens with zero attached hydrogens (tertiary/aromatic N) is 4. The molecule has 156 valence electrons. The van der Waals surface area contributed by atoms with Gasteiger partial charge in [-0.25, -0.2) is 10.4 Å². The molecule has 4 rings (SSSR count). The van der Waals surface area contributed by atoms with E-state index in [1.165, 1.54) is 11.0 Å². The smallest absolute Gasteiger partial charge is 0.400 e. The maximum Gasteiger partial charge on any atom is 0.433 e. The van der Waals surface area contributed by atoms with Crippen LogP contribution in [0.15, 0.2) is 52.2 Å². The molecule has 0 bridgehead atoms. The second-order valence-electron chi connectivity index (χ2n) is 6.22. The van der Waals surface area contributed by atoms with Crippen LogP contribution in [0.25, 0.3) is 0 Å². The maximum absolute atomic E-state index is 13.0. The average Bonchev–Trinajstić information content (AvgIpc) is 3.42. The Labute approximate surface area is 172 Å². The summed E-state index contributed by atoms with van der Waals surface area (Å²) >= 11 is 0. The summed E-state index contributed by atoms with van der Waals surface area (Å²) in [6.45, 7) is -0.231. The Kier molecular flexibility index (Phi) is 4.97. The fourth-order valence-corrected chi connectivity index (χ4v) is 2.90. The number of aromatic nitrogens is 2. The Morgan fingerprint density at radius 1 is 1.29 bits per heavy atom. The highest BCUT2D eigenvalue weighted by molar-refractivity contribution is 6.17. The number of amides is 3. The van der Waals surface area contributed by atoms with Crippen LogP contribution in [-0.4, -0.2) is 45.4 Å². The van der Waals surface area contributed by atoms with Crippen molar-refractivity contribution in [1.29, 1.82) is 0 Å². The van der Waals surface area contributed by atoms with Crippen molar-refractivity contribution in [3.8, 4) is 0 Å². The molecule has 3 N–H and O–H groups in total. The Balaban J connectivity index is 1.51. The van der Waals surface area contributed by atoms with Gasteiger partial charge in [-0.1, -0.05) is 12.1 Å². The quantitative estimate of drug-likeness (QED) is 0.314. The van der Waals surface area contributed by atoms with E-state index < -0.39 is 22.6 Å². The number of nitro groups is 1. The van der Waals surface area contributed by atoms with E-state index in [-0.39, 0.29) is 29.6 Å². The zero-order valence-corrected chi connectivity index (χ0v) is 15.6. The van der Waals surface area contributed by atoms with Crippen LogP contribution in [0.4, 0.5) is 17.3 Å². The summed E-state index contributed by atoms with van der Waals surface area (Å²) in [7, 11) is 0. The molecule has 0 atom stereocenters. The molecule has 31 heavy (non-hydrogen) atoms. The first-order valence-electron chi connectivity index (χ1n) is 8.76. The Morgan fingerprint density at radius 3 is 2.87 bits per heavy atom. The number of para-hydroxylation sites is 2. The van der Waals surface area contributed by atoms with E-state index in [2.05, 4.69) is 25.8 Å². The van der Waals surface area contributed by atoms with Gasteiger partial charge < -0.3 is 14.7 Å². The minimum Gasteiger partial charge on any atom is -0.400 e. The third-order valence-corrected chi connectivity index (χ3v) is 4.23. The van der Waals surface area contributed by atoms with Crippen molar-refractivity contribution in [2.75, 3.05) is 16.8 Å². The largest absolute Gasteiger partial charge is 0.433 e. The van der Waals surface area contributed by atoms with Gasteiger partial charge in [-0.2, -0.15) is 5.10 Å². The van der Waals surface area contributed by atoms with Gasteiger partial charge in [0.15, 0.2) is 11.5 Å². The predicted molar refractivity (Wildman–Crippen MR) is 106 cm³/mol. The molecule has 3 aromatic rings. The average molecular weight is 423 g/mol. The lowest BCUT2D eigenvalue weighted by molar-refractivity contribution is -0.402. The minimum atomic E-state index is -0.809. The summed E-state index contributed by atoms with van der Waals surface area (Å²) in [5.41, 5.74) is 2.74. The monoisotopic (exact) mass is 423 g/mol. The molecule has 3 heterocycles. The van der Waals surface area contributed by atoms with Gasteiger partial charge in [0.2, 0.25) is 5.91 Å². The van der Waals surface area contributed by atoms with Crippen molar-refractivity contribution < 1.29 is 23.7 Å². The van der Waals surface area contributed by atoms with E-state index in [1.54, 1.807) is 24.3 Å². The molecule has 0 saturated carbocycles. The summed E-state index contributed by atoms with van der Waals surface area (Å²) in [5, 5.41) is 16.9. The van der Waals surface area contributed by atoms with E-state index in [0.717, 1.165) is 18.6 Å². The highest BCUT2D eigenvalue weighted by Gasteiger charge is 2.31. The van der Waals surface area contributed by atoms with Gasteiger partial charge in [0, 0.05) is 0 Å². The number of carbonyl (C=O) groups excluding carboxylic acids is 3. The van der Waals surface area contributed by atoms with Crippen LogP contribution in [0, 0.1) is 10.1 Å². The second kappa shape index (κ2) is 7.90. The fraction of sp³-hybridized carbons (Fsp3) is 0.0556. The lowest BCUT2D eigenvalue weighted by atomic mass is 10.1. The van der Waals surface area contributed by atoms with Gasteiger partial charge in [0.1, 0.15) is 17.2 Å². The molecule has 13 nitrogen and oxygen atoms in total. The summed E-state index contributed by atoms with van der Waals surface area (Å²) in [6.07, 6.45) is 2.22. The molecule has 0 radical (unpaired) electrons. The number of carbonyl (C=O) groups is 3. The number of fused-ring (bicyclic) bond motifs is 1. The Hall–Kier alpha value is -4.81. The first-order chi connectivity index (χ1) is 14.9. The highest BCUT2D eigenvalue weighted by Crippen LogP contribution is 2.30. The number of hydrazone groups is 1. The number of anilines is 2. The number of aromatic amines is 1. The third kappa shape index (κ3) is 3.87. The van der Waals surface area contributed by atoms with Crippen LogP contribution in [0.3, 0.4) is 0 Å². The van der Waals surface area contributed by atoms with E-state index in [9.17, 15) is 24.5 Å². The fourth-order valence-electron chi connectivity index (χ4n) is 2.90. The number of furan rings is 1. The van der Waals surface area contributed by atoms with Crippen molar-refractivity contribution in [1.82, 2.24) is 15.4 Å². The lowest BCUT2D eigenvalue weighted by Crippen LogP contribution is -2.43. The minimum absolute atomic E-state index is 0.0428. The van der Waals surface area contributed by atoms with Crippen LogP contribution in [0.1, 0.15) is 26.7 Å². The molecule has 13 heteroatoms. The zero-order chi connectivity index (χ0) is 22.0. The van der Waals surface area contributed by atoms with Gasteiger partial charge >= 0.3 is 5.88 Å². The van der Waals surface area contributed by atoms with Crippen LogP contribution >= 0.6 is 0 Å². The zero-order valence-electron chi connectivity index (χ0n) is 15.6. The molecule has 1 aliphatic rings.